The van der Waals surface area contributed by atoms with Crippen LogP contribution >= 0.6 is 0 Å². The summed E-state index contributed by atoms with van der Waals surface area (Å²) in [5, 5.41) is 0. The Hall–Kier alpha value is -2.41. The lowest BCUT2D eigenvalue weighted by Gasteiger charge is -2.35. The largest absolute Gasteiger partial charge is 0.338 e. The van der Waals surface area contributed by atoms with Gasteiger partial charge in [-0.1, -0.05) is 13.8 Å². The molecule has 1 amide bonds. The van der Waals surface area contributed by atoms with Crippen molar-refractivity contribution in [3.63, 3.8) is 0 Å². The standard InChI is InChI=1S/C20H23FN2O3S/c1-14-11-15(2)13-23(12-14)20(24)16-3-7-18(8-4-16)22-27(25,26)19-9-5-17(21)6-10-19/h3-10,14-15,22H,11-13H2,1-2H3/t14-,15+. The summed E-state index contributed by atoms with van der Waals surface area (Å²) in [7, 11) is -3.81. The van der Waals surface area contributed by atoms with Gasteiger partial charge in [-0.15, -0.1) is 0 Å². The topological polar surface area (TPSA) is 66.5 Å². The summed E-state index contributed by atoms with van der Waals surface area (Å²) in [5.74, 6) is 0.401. The molecule has 2 aromatic carbocycles. The first-order valence-corrected chi connectivity index (χ1v) is 10.4. The number of carbonyl (C=O) groups is 1. The van der Waals surface area contributed by atoms with Crippen molar-refractivity contribution in [2.75, 3.05) is 17.8 Å². The molecule has 0 bridgehead atoms. The van der Waals surface area contributed by atoms with Gasteiger partial charge < -0.3 is 4.90 Å². The average Bonchev–Trinajstić information content (AvgIpc) is 2.61. The van der Waals surface area contributed by atoms with E-state index in [1.54, 1.807) is 24.3 Å². The van der Waals surface area contributed by atoms with Crippen LogP contribution in [-0.2, 0) is 10.0 Å². The van der Waals surface area contributed by atoms with E-state index in [9.17, 15) is 17.6 Å². The second kappa shape index (κ2) is 7.68. The molecule has 7 heteroatoms. The van der Waals surface area contributed by atoms with Gasteiger partial charge in [0.05, 0.1) is 4.90 Å². The minimum absolute atomic E-state index is 0.0275. The zero-order chi connectivity index (χ0) is 19.6. The molecule has 3 rings (SSSR count). The number of hydrogen-bond donors (Lipinski definition) is 1. The highest BCUT2D eigenvalue weighted by Gasteiger charge is 2.26. The quantitative estimate of drug-likeness (QED) is 0.865. The molecule has 2 aromatic rings. The maximum absolute atomic E-state index is 13.0. The predicted octanol–water partition coefficient (Wildman–Crippen LogP) is 3.74. The molecule has 0 radical (unpaired) electrons. The minimum Gasteiger partial charge on any atom is -0.338 e. The van der Waals surface area contributed by atoms with Crippen molar-refractivity contribution in [1.82, 2.24) is 4.90 Å². The lowest BCUT2D eigenvalue weighted by atomic mass is 9.91. The first-order valence-electron chi connectivity index (χ1n) is 8.92. The zero-order valence-corrected chi connectivity index (χ0v) is 16.2. The third-order valence-electron chi connectivity index (χ3n) is 4.66. The smallest absolute Gasteiger partial charge is 0.261 e. The molecule has 0 saturated carbocycles. The Balaban J connectivity index is 1.71. The number of halogens is 1. The summed E-state index contributed by atoms with van der Waals surface area (Å²) < 4.78 is 40.1. The molecular weight excluding hydrogens is 367 g/mol. The van der Waals surface area contributed by atoms with E-state index >= 15 is 0 Å². The fourth-order valence-corrected chi connectivity index (χ4v) is 4.58. The van der Waals surface area contributed by atoms with Crippen LogP contribution in [0.25, 0.3) is 0 Å². The first-order chi connectivity index (χ1) is 12.7. The fourth-order valence-electron chi connectivity index (χ4n) is 3.52. The summed E-state index contributed by atoms with van der Waals surface area (Å²) in [6.07, 6.45) is 1.12. The highest BCUT2D eigenvalue weighted by molar-refractivity contribution is 7.92. The van der Waals surface area contributed by atoms with Gasteiger partial charge in [0.15, 0.2) is 0 Å². The highest BCUT2D eigenvalue weighted by Crippen LogP contribution is 2.23. The van der Waals surface area contributed by atoms with Crippen LogP contribution in [0.5, 0.6) is 0 Å². The third kappa shape index (κ3) is 4.66. The van der Waals surface area contributed by atoms with Gasteiger partial charge in [0.25, 0.3) is 15.9 Å². The van der Waals surface area contributed by atoms with E-state index in [2.05, 4.69) is 18.6 Å². The number of carbonyl (C=O) groups excluding carboxylic acids is 1. The lowest BCUT2D eigenvalue weighted by molar-refractivity contribution is 0.0623. The van der Waals surface area contributed by atoms with Crippen molar-refractivity contribution in [3.05, 3.63) is 59.9 Å². The number of likely N-dealkylation sites (tertiary alicyclic amines) is 1. The van der Waals surface area contributed by atoms with E-state index in [1.807, 2.05) is 4.90 Å². The first kappa shape index (κ1) is 19.4. The van der Waals surface area contributed by atoms with Crippen LogP contribution in [0.3, 0.4) is 0 Å². The van der Waals surface area contributed by atoms with Gasteiger partial charge in [-0.25, -0.2) is 12.8 Å². The molecule has 1 aliphatic rings. The summed E-state index contributed by atoms with van der Waals surface area (Å²) in [6.45, 7) is 5.76. The number of amides is 1. The molecule has 27 heavy (non-hydrogen) atoms. The number of benzene rings is 2. The van der Waals surface area contributed by atoms with Crippen molar-refractivity contribution in [3.8, 4) is 0 Å². The fraction of sp³-hybridized carbons (Fsp3) is 0.350. The van der Waals surface area contributed by atoms with Gasteiger partial charge in [-0.2, -0.15) is 0 Å². The monoisotopic (exact) mass is 390 g/mol. The zero-order valence-electron chi connectivity index (χ0n) is 15.4. The number of hydrogen-bond acceptors (Lipinski definition) is 3. The van der Waals surface area contributed by atoms with Crippen LogP contribution in [0.1, 0.15) is 30.6 Å². The molecule has 5 nitrogen and oxygen atoms in total. The van der Waals surface area contributed by atoms with Crippen molar-refractivity contribution in [2.45, 2.75) is 25.2 Å². The van der Waals surface area contributed by atoms with Gasteiger partial charge in [-0.3, -0.25) is 9.52 Å². The van der Waals surface area contributed by atoms with Gasteiger partial charge in [0, 0.05) is 24.3 Å². The third-order valence-corrected chi connectivity index (χ3v) is 6.06. The Kier molecular flexibility index (Phi) is 5.51. The molecule has 1 heterocycles. The van der Waals surface area contributed by atoms with E-state index < -0.39 is 15.8 Å². The summed E-state index contributed by atoms with van der Waals surface area (Å²) in [5.41, 5.74) is 0.872. The van der Waals surface area contributed by atoms with E-state index in [4.69, 9.17) is 0 Å². The number of piperidine rings is 1. The van der Waals surface area contributed by atoms with E-state index in [0.29, 0.717) is 23.1 Å². The van der Waals surface area contributed by atoms with Crippen molar-refractivity contribution >= 4 is 21.6 Å². The Morgan fingerprint density at radius 2 is 1.56 bits per heavy atom. The number of anilines is 1. The van der Waals surface area contributed by atoms with E-state index in [-0.39, 0.29) is 10.8 Å². The van der Waals surface area contributed by atoms with Crippen LogP contribution in [0.4, 0.5) is 10.1 Å². The van der Waals surface area contributed by atoms with Crippen LogP contribution < -0.4 is 4.72 Å². The SMILES string of the molecule is C[C@@H]1C[C@H](C)CN(C(=O)c2ccc(NS(=O)(=O)c3ccc(F)cc3)cc2)C1. The van der Waals surface area contributed by atoms with Crippen molar-refractivity contribution in [1.29, 1.82) is 0 Å². The Labute approximate surface area is 159 Å². The number of sulfonamides is 1. The molecular formula is C20H23FN2O3S. The maximum Gasteiger partial charge on any atom is 0.261 e. The van der Waals surface area contributed by atoms with Crippen LogP contribution in [0, 0.1) is 17.7 Å². The second-order valence-electron chi connectivity index (χ2n) is 7.29. The number of rotatable bonds is 4. The molecule has 0 unspecified atom stereocenters. The molecule has 2 atom stereocenters. The molecule has 1 fully saturated rings. The molecule has 1 saturated heterocycles. The Morgan fingerprint density at radius 3 is 2.11 bits per heavy atom. The van der Waals surface area contributed by atoms with E-state index in [1.165, 1.54) is 12.1 Å². The number of nitrogens with zero attached hydrogens (tertiary/aromatic N) is 1. The molecule has 0 aromatic heterocycles. The van der Waals surface area contributed by atoms with Crippen molar-refractivity contribution < 1.29 is 17.6 Å². The minimum atomic E-state index is -3.81. The van der Waals surface area contributed by atoms with E-state index in [0.717, 1.165) is 31.6 Å². The van der Waals surface area contributed by atoms with Gasteiger partial charge in [0.1, 0.15) is 5.82 Å². The van der Waals surface area contributed by atoms with Crippen LogP contribution in [-0.4, -0.2) is 32.3 Å². The van der Waals surface area contributed by atoms with Gasteiger partial charge >= 0.3 is 0 Å². The summed E-state index contributed by atoms with van der Waals surface area (Å²) in [4.78, 5) is 14.5. The normalized spacial score (nSPS) is 20.3. The maximum atomic E-state index is 13.0. The van der Waals surface area contributed by atoms with Crippen LogP contribution in [0.15, 0.2) is 53.4 Å². The molecule has 1 N–H and O–H groups in total. The lowest BCUT2D eigenvalue weighted by Crippen LogP contribution is -2.42. The summed E-state index contributed by atoms with van der Waals surface area (Å²) in [6, 6.07) is 11.0. The molecule has 144 valence electrons. The van der Waals surface area contributed by atoms with Gasteiger partial charge in [0.2, 0.25) is 0 Å². The molecule has 0 spiro atoms. The average molecular weight is 390 g/mol. The Bertz CT molecular complexity index is 901. The molecule has 0 aliphatic carbocycles. The summed E-state index contributed by atoms with van der Waals surface area (Å²) >= 11 is 0. The molecule has 1 aliphatic heterocycles. The van der Waals surface area contributed by atoms with Crippen molar-refractivity contribution in [2.24, 2.45) is 11.8 Å². The Morgan fingerprint density at radius 1 is 1.00 bits per heavy atom. The van der Waals surface area contributed by atoms with Gasteiger partial charge in [-0.05, 0) is 66.8 Å². The predicted molar refractivity (Wildman–Crippen MR) is 102 cm³/mol. The highest BCUT2D eigenvalue weighted by atomic mass is 32.2. The second-order valence-corrected chi connectivity index (χ2v) is 8.98. The van der Waals surface area contributed by atoms with Crippen LogP contribution in [0.2, 0.25) is 0 Å². The number of nitrogens with one attached hydrogen (secondary N) is 1.